The van der Waals surface area contributed by atoms with E-state index in [4.69, 9.17) is 17.3 Å². The highest BCUT2D eigenvalue weighted by atomic mass is 35.5. The van der Waals surface area contributed by atoms with E-state index in [2.05, 4.69) is 18.4 Å². The minimum Gasteiger partial charge on any atom is -0.385 e. The summed E-state index contributed by atoms with van der Waals surface area (Å²) in [4.78, 5) is 0. The molecule has 0 aliphatic heterocycles. The van der Waals surface area contributed by atoms with Crippen molar-refractivity contribution in [2.45, 2.75) is 19.9 Å². The van der Waals surface area contributed by atoms with Crippen LogP contribution in [-0.2, 0) is 0 Å². The predicted octanol–water partition coefficient (Wildman–Crippen LogP) is 3.97. The lowest BCUT2D eigenvalue weighted by Gasteiger charge is -2.15. The molecule has 0 radical (unpaired) electrons. The maximum atomic E-state index is 6.19. The molecule has 1 aromatic carbocycles. The van der Waals surface area contributed by atoms with E-state index in [0.29, 0.717) is 6.04 Å². The zero-order chi connectivity index (χ0) is 11.7. The van der Waals surface area contributed by atoms with E-state index in [-0.39, 0.29) is 0 Å². The van der Waals surface area contributed by atoms with Crippen LogP contribution in [0.4, 0.5) is 5.82 Å². The van der Waals surface area contributed by atoms with Crippen molar-refractivity contribution in [3.63, 3.8) is 0 Å². The first kappa shape index (κ1) is 11.1. The maximum absolute atomic E-state index is 6.19. The van der Waals surface area contributed by atoms with Gasteiger partial charge in [0.15, 0.2) is 0 Å². The van der Waals surface area contributed by atoms with Gasteiger partial charge in [-0.1, -0.05) is 29.8 Å². The molecule has 2 nitrogen and oxygen atoms in total. The Morgan fingerprint density at radius 2 is 1.81 bits per heavy atom. The molecule has 0 saturated heterocycles. The second-order valence-electron chi connectivity index (χ2n) is 4.09. The number of hydrogen-bond donors (Lipinski definition) is 1. The molecule has 2 N–H and O–H groups in total. The number of aromatic nitrogens is 1. The van der Waals surface area contributed by atoms with E-state index in [9.17, 15) is 0 Å². The van der Waals surface area contributed by atoms with E-state index in [1.807, 2.05) is 36.4 Å². The Morgan fingerprint density at radius 3 is 2.44 bits per heavy atom. The Hall–Kier alpha value is -1.41. The molecule has 0 atom stereocenters. The molecule has 1 aromatic heterocycles. The number of benzene rings is 1. The summed E-state index contributed by atoms with van der Waals surface area (Å²) in [6, 6.07) is 12.1. The van der Waals surface area contributed by atoms with Crippen LogP contribution in [0.5, 0.6) is 0 Å². The quantitative estimate of drug-likeness (QED) is 0.838. The lowest BCUT2D eigenvalue weighted by Crippen LogP contribution is -2.06. The van der Waals surface area contributed by atoms with Gasteiger partial charge in [-0.3, -0.25) is 0 Å². The summed E-state index contributed by atoms with van der Waals surface area (Å²) in [5.74, 6) is 0.768. The van der Waals surface area contributed by atoms with E-state index in [1.54, 1.807) is 0 Å². The van der Waals surface area contributed by atoms with Crippen LogP contribution in [0, 0.1) is 0 Å². The van der Waals surface area contributed by atoms with Crippen LogP contribution in [0.1, 0.15) is 19.9 Å². The summed E-state index contributed by atoms with van der Waals surface area (Å²) >= 11 is 6.19. The zero-order valence-corrected chi connectivity index (χ0v) is 10.2. The highest BCUT2D eigenvalue weighted by Gasteiger charge is 2.12. The minimum absolute atomic E-state index is 0.321. The Morgan fingerprint density at radius 1 is 1.12 bits per heavy atom. The van der Waals surface area contributed by atoms with Crippen LogP contribution < -0.4 is 5.73 Å². The fourth-order valence-corrected chi connectivity index (χ4v) is 2.16. The third-order valence-electron chi connectivity index (χ3n) is 2.62. The Bertz CT molecular complexity index is 500. The van der Waals surface area contributed by atoms with Gasteiger partial charge in [0.05, 0.1) is 5.69 Å². The summed E-state index contributed by atoms with van der Waals surface area (Å²) in [5, 5.41) is 0.752. The first-order valence-electron chi connectivity index (χ1n) is 5.33. The van der Waals surface area contributed by atoms with Gasteiger partial charge in [0.1, 0.15) is 5.82 Å². The molecule has 2 rings (SSSR count). The number of nitrogens with zero attached hydrogens (tertiary/aromatic N) is 1. The number of nitrogen functional groups attached to an aromatic ring is 1. The van der Waals surface area contributed by atoms with Crippen molar-refractivity contribution in [3.05, 3.63) is 41.4 Å². The average molecular weight is 235 g/mol. The van der Waals surface area contributed by atoms with Crippen molar-refractivity contribution in [2.75, 3.05) is 5.73 Å². The van der Waals surface area contributed by atoms with Gasteiger partial charge in [-0.15, -0.1) is 0 Å². The van der Waals surface area contributed by atoms with Gasteiger partial charge in [0, 0.05) is 16.6 Å². The fraction of sp³-hybridized carbons (Fsp3) is 0.231. The van der Waals surface area contributed by atoms with Gasteiger partial charge in [0.25, 0.3) is 0 Å². The van der Waals surface area contributed by atoms with Crippen molar-refractivity contribution in [2.24, 2.45) is 0 Å². The molecule has 0 bridgehead atoms. The molecule has 0 amide bonds. The summed E-state index contributed by atoms with van der Waals surface area (Å²) < 4.78 is 2.08. The molecular formula is C13H15ClN2. The molecule has 0 aliphatic carbocycles. The molecule has 0 aliphatic rings. The van der Waals surface area contributed by atoms with Gasteiger partial charge in [-0.25, -0.2) is 0 Å². The Kier molecular flexibility index (Phi) is 2.92. The molecule has 0 spiro atoms. The van der Waals surface area contributed by atoms with Crippen LogP contribution in [0.2, 0.25) is 5.02 Å². The van der Waals surface area contributed by atoms with Crippen molar-refractivity contribution in [1.82, 2.24) is 4.57 Å². The molecule has 3 heteroatoms. The van der Waals surface area contributed by atoms with Crippen LogP contribution >= 0.6 is 11.6 Å². The monoisotopic (exact) mass is 234 g/mol. The largest absolute Gasteiger partial charge is 0.385 e. The second kappa shape index (κ2) is 4.22. The number of hydrogen-bond acceptors (Lipinski definition) is 1. The van der Waals surface area contributed by atoms with E-state index in [0.717, 1.165) is 22.1 Å². The van der Waals surface area contributed by atoms with Crippen molar-refractivity contribution in [1.29, 1.82) is 0 Å². The highest BCUT2D eigenvalue weighted by molar-refractivity contribution is 6.33. The standard InChI is InChI=1S/C13H15ClN2/c1-9(2)16-12(7-8-13(16)15)10-5-3-4-6-11(10)14/h3-9H,15H2,1-2H3. The van der Waals surface area contributed by atoms with Gasteiger partial charge in [0.2, 0.25) is 0 Å². The Balaban J connectivity index is 2.61. The fourth-order valence-electron chi connectivity index (χ4n) is 1.93. The molecule has 0 unspecified atom stereocenters. The summed E-state index contributed by atoms with van der Waals surface area (Å²) in [5.41, 5.74) is 8.04. The molecule has 16 heavy (non-hydrogen) atoms. The molecular weight excluding hydrogens is 220 g/mol. The summed E-state index contributed by atoms with van der Waals surface area (Å²) in [6.07, 6.45) is 0. The van der Waals surface area contributed by atoms with Crippen LogP contribution in [0.3, 0.4) is 0 Å². The van der Waals surface area contributed by atoms with E-state index < -0.39 is 0 Å². The van der Waals surface area contributed by atoms with Gasteiger partial charge in [-0.05, 0) is 32.0 Å². The van der Waals surface area contributed by atoms with Crippen molar-refractivity contribution in [3.8, 4) is 11.3 Å². The van der Waals surface area contributed by atoms with Gasteiger partial charge in [-0.2, -0.15) is 0 Å². The number of halogens is 1. The Labute approximate surface area is 101 Å². The van der Waals surface area contributed by atoms with Crippen molar-refractivity contribution >= 4 is 17.4 Å². The normalized spacial score (nSPS) is 11.0. The van der Waals surface area contributed by atoms with Crippen molar-refractivity contribution < 1.29 is 0 Å². The first-order chi connectivity index (χ1) is 7.61. The van der Waals surface area contributed by atoms with Crippen LogP contribution in [0.15, 0.2) is 36.4 Å². The van der Waals surface area contributed by atoms with E-state index in [1.165, 1.54) is 0 Å². The summed E-state index contributed by atoms with van der Waals surface area (Å²) in [7, 11) is 0. The number of nitrogens with two attached hydrogens (primary N) is 1. The maximum Gasteiger partial charge on any atom is 0.103 e. The molecule has 1 heterocycles. The molecule has 84 valence electrons. The molecule has 0 saturated carbocycles. The van der Waals surface area contributed by atoms with Gasteiger partial charge < -0.3 is 10.3 Å². The lowest BCUT2D eigenvalue weighted by molar-refractivity contribution is 0.618. The van der Waals surface area contributed by atoms with Gasteiger partial charge >= 0.3 is 0 Å². The molecule has 2 aromatic rings. The lowest BCUT2D eigenvalue weighted by atomic mass is 10.1. The van der Waals surface area contributed by atoms with Crippen LogP contribution in [0.25, 0.3) is 11.3 Å². The highest BCUT2D eigenvalue weighted by Crippen LogP contribution is 2.32. The second-order valence-corrected chi connectivity index (χ2v) is 4.49. The predicted molar refractivity (Wildman–Crippen MR) is 69.7 cm³/mol. The van der Waals surface area contributed by atoms with E-state index >= 15 is 0 Å². The summed E-state index contributed by atoms with van der Waals surface area (Å²) in [6.45, 7) is 4.22. The number of rotatable bonds is 2. The first-order valence-corrected chi connectivity index (χ1v) is 5.70. The third-order valence-corrected chi connectivity index (χ3v) is 2.95. The number of anilines is 1. The minimum atomic E-state index is 0.321. The average Bonchev–Trinajstić information content (AvgIpc) is 2.61. The third kappa shape index (κ3) is 1.81. The SMILES string of the molecule is CC(C)n1c(N)ccc1-c1ccccc1Cl. The topological polar surface area (TPSA) is 30.9 Å². The van der Waals surface area contributed by atoms with Crippen LogP contribution in [-0.4, -0.2) is 4.57 Å². The smallest absolute Gasteiger partial charge is 0.103 e. The molecule has 0 fully saturated rings. The zero-order valence-electron chi connectivity index (χ0n) is 9.44.